The van der Waals surface area contributed by atoms with Gasteiger partial charge in [0.15, 0.2) is 0 Å². The van der Waals surface area contributed by atoms with Gasteiger partial charge in [-0.25, -0.2) is 0 Å². The monoisotopic (exact) mass is 360 g/mol. The van der Waals surface area contributed by atoms with E-state index in [1.54, 1.807) is 0 Å². The summed E-state index contributed by atoms with van der Waals surface area (Å²) in [6.45, 7) is 6.26. The van der Waals surface area contributed by atoms with Gasteiger partial charge in [0.2, 0.25) is 5.91 Å². The van der Waals surface area contributed by atoms with Gasteiger partial charge in [-0.15, -0.1) is 0 Å². The fraction of sp³-hybridized carbons (Fsp3) is 0.619. The number of carbonyl (C=O) groups excluding carboxylic acids is 2. The zero-order chi connectivity index (χ0) is 19.3. The largest absolute Gasteiger partial charge is 0.457 e. The van der Waals surface area contributed by atoms with Crippen LogP contribution >= 0.6 is 0 Å². The van der Waals surface area contributed by atoms with Gasteiger partial charge in [-0.3, -0.25) is 9.59 Å². The topological polar surface area (TPSA) is 95.4 Å². The van der Waals surface area contributed by atoms with Crippen LogP contribution in [0.4, 0.5) is 0 Å². The van der Waals surface area contributed by atoms with Crippen molar-refractivity contribution in [2.45, 2.75) is 52.6 Å². The number of benzene rings is 1. The van der Waals surface area contributed by atoms with Crippen molar-refractivity contribution in [3.63, 3.8) is 0 Å². The van der Waals surface area contributed by atoms with E-state index in [-0.39, 0.29) is 18.4 Å². The first-order valence-corrected chi connectivity index (χ1v) is 9.54. The normalized spacial score (nSPS) is 27.1. The number of nitrogens with two attached hydrogens (primary N) is 2. The van der Waals surface area contributed by atoms with Gasteiger partial charge >= 0.3 is 5.97 Å². The molecule has 2 rings (SSSR count). The summed E-state index contributed by atoms with van der Waals surface area (Å²) in [7, 11) is 0. The molecule has 4 N–H and O–H groups in total. The molecule has 0 aromatic heterocycles. The molecular weight excluding hydrogens is 328 g/mol. The van der Waals surface area contributed by atoms with E-state index in [1.165, 1.54) is 0 Å². The van der Waals surface area contributed by atoms with Gasteiger partial charge in [0.25, 0.3) is 0 Å². The number of carbonyl (C=O) groups is 2. The van der Waals surface area contributed by atoms with Crippen LogP contribution in [-0.2, 0) is 14.3 Å². The molecule has 0 aliphatic heterocycles. The molecule has 0 spiro atoms. The van der Waals surface area contributed by atoms with E-state index in [1.807, 2.05) is 30.3 Å². The average Bonchev–Trinajstić information content (AvgIpc) is 2.61. The van der Waals surface area contributed by atoms with E-state index in [9.17, 15) is 9.59 Å². The van der Waals surface area contributed by atoms with Crippen LogP contribution < -0.4 is 11.5 Å². The van der Waals surface area contributed by atoms with Gasteiger partial charge < -0.3 is 16.2 Å². The Morgan fingerprint density at radius 2 is 1.88 bits per heavy atom. The highest BCUT2D eigenvalue weighted by Crippen LogP contribution is 2.52. The van der Waals surface area contributed by atoms with E-state index in [0.29, 0.717) is 18.3 Å². The number of hydrogen-bond acceptors (Lipinski definition) is 4. The third kappa shape index (κ3) is 4.44. The summed E-state index contributed by atoms with van der Waals surface area (Å²) >= 11 is 0. The van der Waals surface area contributed by atoms with Gasteiger partial charge in [-0.05, 0) is 36.2 Å². The minimum absolute atomic E-state index is 0.180. The fourth-order valence-corrected chi connectivity index (χ4v) is 4.64. The lowest BCUT2D eigenvalue weighted by atomic mass is 9.57. The van der Waals surface area contributed by atoms with Crippen molar-refractivity contribution in [1.82, 2.24) is 0 Å². The number of ether oxygens (including phenoxy) is 1. The smallest absolute Gasteiger partial charge is 0.320 e. The van der Waals surface area contributed by atoms with Crippen LogP contribution in [0.3, 0.4) is 0 Å². The number of hydrogen-bond donors (Lipinski definition) is 2. The van der Waals surface area contributed by atoms with Gasteiger partial charge in [0.05, 0.1) is 12.0 Å². The van der Waals surface area contributed by atoms with Crippen LogP contribution in [0.2, 0.25) is 0 Å². The number of primary amides is 1. The highest BCUT2D eigenvalue weighted by atomic mass is 16.5. The van der Waals surface area contributed by atoms with Crippen LogP contribution in [-0.4, -0.2) is 18.4 Å². The first-order chi connectivity index (χ1) is 12.3. The van der Waals surface area contributed by atoms with Crippen LogP contribution in [0.1, 0.15) is 58.1 Å². The predicted molar refractivity (Wildman–Crippen MR) is 102 cm³/mol. The molecule has 0 bridgehead atoms. The van der Waals surface area contributed by atoms with Gasteiger partial charge in [-0.1, -0.05) is 57.5 Å². The molecule has 1 aliphatic rings. The Bertz CT molecular complexity index is 617. The van der Waals surface area contributed by atoms with Crippen LogP contribution in [0.5, 0.6) is 0 Å². The SMILES string of the molecule is CC(C)[C@@H]1CC[C@@H](C)C[C@]1(C[C@H](OC(=O)CN)c1ccccc1)C(N)=O. The van der Waals surface area contributed by atoms with Crippen molar-refractivity contribution in [3.8, 4) is 0 Å². The second kappa shape index (κ2) is 8.67. The maximum Gasteiger partial charge on any atom is 0.320 e. The van der Waals surface area contributed by atoms with Crippen LogP contribution in [0, 0.1) is 23.2 Å². The molecule has 144 valence electrons. The maximum absolute atomic E-state index is 12.7. The lowest BCUT2D eigenvalue weighted by Gasteiger charge is -2.47. The average molecular weight is 360 g/mol. The Morgan fingerprint density at radius 1 is 1.23 bits per heavy atom. The fourth-order valence-electron chi connectivity index (χ4n) is 4.64. The molecular formula is C21H32N2O3. The zero-order valence-electron chi connectivity index (χ0n) is 16.1. The lowest BCUT2D eigenvalue weighted by molar-refractivity contribution is -0.155. The molecule has 1 saturated carbocycles. The van der Waals surface area contributed by atoms with E-state index in [0.717, 1.165) is 24.8 Å². The van der Waals surface area contributed by atoms with Gasteiger partial charge in [0, 0.05) is 6.42 Å². The molecule has 1 amide bonds. The molecule has 4 atom stereocenters. The van der Waals surface area contributed by atoms with E-state index < -0.39 is 17.5 Å². The first-order valence-electron chi connectivity index (χ1n) is 9.54. The van der Waals surface area contributed by atoms with Crippen molar-refractivity contribution < 1.29 is 14.3 Å². The van der Waals surface area contributed by atoms with E-state index >= 15 is 0 Å². The highest BCUT2D eigenvalue weighted by Gasteiger charge is 2.50. The van der Waals surface area contributed by atoms with E-state index in [2.05, 4.69) is 20.8 Å². The molecule has 26 heavy (non-hydrogen) atoms. The maximum atomic E-state index is 12.7. The first kappa shape index (κ1) is 20.4. The highest BCUT2D eigenvalue weighted by molar-refractivity contribution is 5.81. The molecule has 0 saturated heterocycles. The summed E-state index contributed by atoms with van der Waals surface area (Å²) in [6.07, 6.45) is 2.68. The van der Waals surface area contributed by atoms with Crippen molar-refractivity contribution in [1.29, 1.82) is 0 Å². The summed E-state index contributed by atoms with van der Waals surface area (Å²) < 4.78 is 5.66. The molecule has 1 aliphatic carbocycles. The van der Waals surface area contributed by atoms with Crippen molar-refractivity contribution >= 4 is 11.9 Å². The third-order valence-corrected chi connectivity index (χ3v) is 5.85. The Kier molecular flexibility index (Phi) is 6.81. The minimum Gasteiger partial charge on any atom is -0.457 e. The van der Waals surface area contributed by atoms with Crippen LogP contribution in [0.15, 0.2) is 30.3 Å². The van der Waals surface area contributed by atoms with Gasteiger partial charge in [-0.2, -0.15) is 0 Å². The number of esters is 1. The Morgan fingerprint density at radius 3 is 2.42 bits per heavy atom. The molecule has 5 heteroatoms. The lowest BCUT2D eigenvalue weighted by Crippen LogP contribution is -2.50. The standard InChI is InChI=1S/C21H32N2O3/c1-14(2)17-10-9-15(3)11-21(17,20(23)25)12-18(26-19(24)13-22)16-7-5-4-6-8-16/h4-8,14-15,17-18H,9-13,22H2,1-3H3,(H2,23,25)/t15-,17+,18+,21-/m1/s1. The summed E-state index contributed by atoms with van der Waals surface area (Å²) in [4.78, 5) is 24.6. The molecule has 0 heterocycles. The number of amides is 1. The quantitative estimate of drug-likeness (QED) is 0.730. The Balaban J connectivity index is 2.42. The summed E-state index contributed by atoms with van der Waals surface area (Å²) in [5, 5.41) is 0. The molecule has 5 nitrogen and oxygen atoms in total. The predicted octanol–water partition coefficient (Wildman–Crippen LogP) is 3.18. The molecule has 1 aromatic carbocycles. The summed E-state index contributed by atoms with van der Waals surface area (Å²) in [5.74, 6) is 0.172. The summed E-state index contributed by atoms with van der Waals surface area (Å²) in [6, 6.07) is 9.55. The molecule has 0 unspecified atom stereocenters. The Labute approximate surface area is 156 Å². The molecule has 0 radical (unpaired) electrons. The van der Waals surface area contributed by atoms with Gasteiger partial charge in [0.1, 0.15) is 6.10 Å². The van der Waals surface area contributed by atoms with Crippen molar-refractivity contribution in [2.24, 2.45) is 34.6 Å². The molecule has 1 aromatic rings. The third-order valence-electron chi connectivity index (χ3n) is 5.85. The van der Waals surface area contributed by atoms with Crippen molar-refractivity contribution in [3.05, 3.63) is 35.9 Å². The minimum atomic E-state index is -0.679. The zero-order valence-corrected chi connectivity index (χ0v) is 16.1. The summed E-state index contributed by atoms with van der Waals surface area (Å²) in [5.41, 5.74) is 11.6. The molecule has 1 fully saturated rings. The van der Waals surface area contributed by atoms with Crippen molar-refractivity contribution in [2.75, 3.05) is 6.54 Å². The second-order valence-corrected chi connectivity index (χ2v) is 8.05. The van der Waals surface area contributed by atoms with E-state index in [4.69, 9.17) is 16.2 Å². The van der Waals surface area contributed by atoms with Crippen LogP contribution in [0.25, 0.3) is 0 Å². The number of rotatable bonds is 7. The second-order valence-electron chi connectivity index (χ2n) is 8.05. The Hall–Kier alpha value is -1.88.